The van der Waals surface area contributed by atoms with Gasteiger partial charge in [0.15, 0.2) is 5.65 Å². The van der Waals surface area contributed by atoms with Crippen molar-refractivity contribution in [3.05, 3.63) is 18.0 Å². The normalized spacial score (nSPS) is 10.9. The second-order valence-corrected chi connectivity index (χ2v) is 3.14. The summed E-state index contributed by atoms with van der Waals surface area (Å²) >= 11 is 0. The summed E-state index contributed by atoms with van der Waals surface area (Å²) in [6.07, 6.45) is 0.868. The molecule has 0 unspecified atom stereocenters. The molecule has 0 aliphatic rings. The smallest absolute Gasteiger partial charge is 0.179 e. The van der Waals surface area contributed by atoms with Crippen LogP contribution in [0.3, 0.4) is 0 Å². The van der Waals surface area contributed by atoms with E-state index in [-0.39, 0.29) is 0 Å². The Kier molecular flexibility index (Phi) is 2.32. The van der Waals surface area contributed by atoms with Gasteiger partial charge in [0.05, 0.1) is 5.52 Å². The highest BCUT2D eigenvalue weighted by Gasteiger charge is 2.02. The molecule has 2 rings (SSSR count). The lowest BCUT2D eigenvalue weighted by molar-refractivity contribution is 0.766. The molecular weight excluding hydrogens is 178 g/mol. The lowest BCUT2D eigenvalue weighted by atomic mass is 10.4. The van der Waals surface area contributed by atoms with Gasteiger partial charge in [0.1, 0.15) is 11.6 Å². The number of fused-ring (bicyclic) bond motifs is 1. The van der Waals surface area contributed by atoms with E-state index in [9.17, 15) is 0 Å². The van der Waals surface area contributed by atoms with E-state index >= 15 is 0 Å². The predicted molar refractivity (Wildman–Crippen MR) is 55.9 cm³/mol. The Labute approximate surface area is 81.7 Å². The highest BCUT2D eigenvalue weighted by Crippen LogP contribution is 2.10. The van der Waals surface area contributed by atoms with E-state index in [1.54, 1.807) is 6.07 Å². The standard InChI is InChI=1S/C9H13N5/c1-11-5-4-8-12-6-2-3-7(10)13-9(6)14-8/h2-3,11H,4-5H2,1H3,(H3,10,12,13,14). The number of rotatable bonds is 3. The number of hydrogen-bond donors (Lipinski definition) is 3. The van der Waals surface area contributed by atoms with Gasteiger partial charge in [-0.15, -0.1) is 0 Å². The number of H-pyrrole nitrogens is 1. The lowest BCUT2D eigenvalue weighted by Crippen LogP contribution is -2.10. The topological polar surface area (TPSA) is 79.6 Å². The van der Waals surface area contributed by atoms with Crippen LogP contribution in [-0.4, -0.2) is 28.5 Å². The van der Waals surface area contributed by atoms with Gasteiger partial charge in [0.25, 0.3) is 0 Å². The Morgan fingerprint density at radius 2 is 2.29 bits per heavy atom. The van der Waals surface area contributed by atoms with Crippen LogP contribution in [0.4, 0.5) is 5.82 Å². The van der Waals surface area contributed by atoms with Crippen molar-refractivity contribution in [3.63, 3.8) is 0 Å². The third-order valence-corrected chi connectivity index (χ3v) is 2.03. The first-order valence-electron chi connectivity index (χ1n) is 4.55. The number of anilines is 1. The zero-order valence-corrected chi connectivity index (χ0v) is 8.04. The van der Waals surface area contributed by atoms with Gasteiger partial charge >= 0.3 is 0 Å². The average molecular weight is 191 g/mol. The minimum Gasteiger partial charge on any atom is -0.384 e. The molecule has 2 heterocycles. The Bertz CT molecular complexity index is 434. The number of likely N-dealkylation sites (N-methyl/N-ethyl adjacent to an activating group) is 1. The second kappa shape index (κ2) is 3.63. The molecule has 2 aromatic rings. The third kappa shape index (κ3) is 1.67. The molecule has 0 radical (unpaired) electrons. The van der Waals surface area contributed by atoms with Gasteiger partial charge in [-0.3, -0.25) is 0 Å². The number of hydrogen-bond acceptors (Lipinski definition) is 4. The molecular formula is C9H13N5. The van der Waals surface area contributed by atoms with Gasteiger partial charge < -0.3 is 16.0 Å². The van der Waals surface area contributed by atoms with Crippen molar-refractivity contribution < 1.29 is 0 Å². The van der Waals surface area contributed by atoms with Crippen molar-refractivity contribution in [2.45, 2.75) is 6.42 Å². The minimum atomic E-state index is 0.504. The first kappa shape index (κ1) is 8.96. The van der Waals surface area contributed by atoms with Crippen LogP contribution in [0.1, 0.15) is 5.82 Å². The van der Waals surface area contributed by atoms with Crippen LogP contribution < -0.4 is 11.1 Å². The van der Waals surface area contributed by atoms with Crippen molar-refractivity contribution in [2.75, 3.05) is 19.3 Å². The third-order valence-electron chi connectivity index (χ3n) is 2.03. The summed E-state index contributed by atoms with van der Waals surface area (Å²) in [4.78, 5) is 11.6. The molecule has 0 saturated heterocycles. The number of nitrogens with zero attached hydrogens (tertiary/aromatic N) is 2. The van der Waals surface area contributed by atoms with Gasteiger partial charge in [-0.1, -0.05) is 0 Å². The second-order valence-electron chi connectivity index (χ2n) is 3.14. The molecule has 0 fully saturated rings. The van der Waals surface area contributed by atoms with Crippen molar-refractivity contribution in [1.82, 2.24) is 20.3 Å². The number of nitrogens with two attached hydrogens (primary N) is 1. The number of aromatic nitrogens is 3. The zero-order chi connectivity index (χ0) is 9.97. The maximum Gasteiger partial charge on any atom is 0.179 e. The summed E-state index contributed by atoms with van der Waals surface area (Å²) in [5.74, 6) is 1.44. The van der Waals surface area contributed by atoms with E-state index in [4.69, 9.17) is 5.73 Å². The van der Waals surface area contributed by atoms with Gasteiger partial charge in [-0.05, 0) is 19.2 Å². The molecule has 4 N–H and O–H groups in total. The molecule has 14 heavy (non-hydrogen) atoms. The fourth-order valence-electron chi connectivity index (χ4n) is 1.32. The molecule has 0 atom stereocenters. The van der Waals surface area contributed by atoms with E-state index in [2.05, 4.69) is 20.3 Å². The Hall–Kier alpha value is -1.62. The largest absolute Gasteiger partial charge is 0.384 e. The summed E-state index contributed by atoms with van der Waals surface area (Å²) < 4.78 is 0. The highest BCUT2D eigenvalue weighted by molar-refractivity contribution is 5.72. The summed E-state index contributed by atoms with van der Waals surface area (Å²) in [5.41, 5.74) is 7.18. The lowest BCUT2D eigenvalue weighted by Gasteiger charge is -1.92. The predicted octanol–water partition coefficient (Wildman–Crippen LogP) is 0.302. The zero-order valence-electron chi connectivity index (χ0n) is 8.04. The Morgan fingerprint density at radius 3 is 3.07 bits per heavy atom. The number of aromatic amines is 1. The van der Waals surface area contributed by atoms with Gasteiger partial charge in [-0.2, -0.15) is 0 Å². The highest BCUT2D eigenvalue weighted by atomic mass is 15.0. The van der Waals surface area contributed by atoms with E-state index in [1.807, 2.05) is 13.1 Å². The van der Waals surface area contributed by atoms with Gasteiger partial charge in [0, 0.05) is 13.0 Å². The number of pyridine rings is 1. The molecule has 5 heteroatoms. The minimum absolute atomic E-state index is 0.504. The van der Waals surface area contributed by atoms with Gasteiger partial charge in [-0.25, -0.2) is 9.97 Å². The molecule has 0 saturated carbocycles. The first-order chi connectivity index (χ1) is 6.79. The Morgan fingerprint density at radius 1 is 1.43 bits per heavy atom. The molecule has 0 bridgehead atoms. The molecule has 0 aliphatic heterocycles. The molecule has 0 aromatic carbocycles. The number of nitrogens with one attached hydrogen (secondary N) is 2. The summed E-state index contributed by atoms with van der Waals surface area (Å²) in [5, 5.41) is 3.07. The molecule has 5 nitrogen and oxygen atoms in total. The van der Waals surface area contributed by atoms with Crippen LogP contribution in [0.15, 0.2) is 12.1 Å². The van der Waals surface area contributed by atoms with Crippen molar-refractivity contribution in [1.29, 1.82) is 0 Å². The quantitative estimate of drug-likeness (QED) is 0.652. The molecule has 0 amide bonds. The summed E-state index contributed by atoms with van der Waals surface area (Å²) in [6, 6.07) is 3.66. The SMILES string of the molecule is CNCCc1nc2nc(N)ccc2[nH]1. The molecule has 2 aromatic heterocycles. The first-order valence-corrected chi connectivity index (χ1v) is 4.55. The van der Waals surface area contributed by atoms with Crippen LogP contribution in [0, 0.1) is 0 Å². The van der Waals surface area contributed by atoms with Crippen LogP contribution >= 0.6 is 0 Å². The summed E-state index contributed by atoms with van der Waals surface area (Å²) in [6.45, 7) is 0.898. The van der Waals surface area contributed by atoms with Crippen LogP contribution in [-0.2, 0) is 6.42 Å². The van der Waals surface area contributed by atoms with Gasteiger partial charge in [0.2, 0.25) is 0 Å². The number of imidazole rings is 1. The average Bonchev–Trinajstić information content (AvgIpc) is 2.56. The van der Waals surface area contributed by atoms with E-state index < -0.39 is 0 Å². The van der Waals surface area contributed by atoms with Crippen LogP contribution in [0.2, 0.25) is 0 Å². The summed E-state index contributed by atoms with van der Waals surface area (Å²) in [7, 11) is 1.92. The van der Waals surface area contributed by atoms with Crippen LogP contribution in [0.5, 0.6) is 0 Å². The fraction of sp³-hybridized carbons (Fsp3) is 0.333. The maximum absolute atomic E-state index is 5.56. The maximum atomic E-state index is 5.56. The van der Waals surface area contributed by atoms with E-state index in [0.29, 0.717) is 11.5 Å². The monoisotopic (exact) mass is 191 g/mol. The molecule has 0 aliphatic carbocycles. The van der Waals surface area contributed by atoms with Crippen molar-refractivity contribution in [3.8, 4) is 0 Å². The Balaban J connectivity index is 2.32. The molecule has 0 spiro atoms. The van der Waals surface area contributed by atoms with E-state index in [0.717, 1.165) is 24.3 Å². The molecule has 74 valence electrons. The fourth-order valence-corrected chi connectivity index (χ4v) is 1.32. The van der Waals surface area contributed by atoms with Crippen molar-refractivity contribution >= 4 is 17.0 Å². The number of nitrogen functional groups attached to an aromatic ring is 1. The van der Waals surface area contributed by atoms with E-state index in [1.165, 1.54) is 0 Å². The van der Waals surface area contributed by atoms with Crippen LogP contribution in [0.25, 0.3) is 11.2 Å². The van der Waals surface area contributed by atoms with Crippen molar-refractivity contribution in [2.24, 2.45) is 0 Å².